The third-order valence-corrected chi connectivity index (χ3v) is 3.69. The highest BCUT2D eigenvalue weighted by molar-refractivity contribution is 9.10. The number of hydrogen-bond donors (Lipinski definition) is 1. The number of likely N-dealkylation sites (N-methyl/N-ethyl adjacent to an activating group) is 1. The minimum Gasteiger partial charge on any atom is -0.439 e. The van der Waals surface area contributed by atoms with Gasteiger partial charge in [-0.1, -0.05) is 22.0 Å². The molecule has 0 unspecified atom stereocenters. The van der Waals surface area contributed by atoms with Crippen molar-refractivity contribution in [2.45, 2.75) is 6.10 Å². The average Bonchev–Trinajstić information content (AvgIpc) is 2.55. The zero-order valence-corrected chi connectivity index (χ0v) is 15.1. The van der Waals surface area contributed by atoms with Crippen LogP contribution in [-0.2, 0) is 4.74 Å². The Morgan fingerprint density at radius 2 is 2.17 bits per heavy atom. The van der Waals surface area contributed by atoms with E-state index in [1.54, 1.807) is 19.2 Å². The molecule has 0 spiro atoms. The molecule has 1 aromatic heterocycles. The molecule has 0 aliphatic heterocycles. The minimum atomic E-state index is -0.726. The molecule has 0 bridgehead atoms. The monoisotopic (exact) mass is 394 g/mol. The first-order valence-electron chi connectivity index (χ1n) is 7.31. The van der Waals surface area contributed by atoms with Gasteiger partial charge in [-0.3, -0.25) is 4.79 Å². The van der Waals surface area contributed by atoms with Gasteiger partial charge in [0.2, 0.25) is 5.88 Å². The molecule has 0 radical (unpaired) electrons. The highest BCUT2D eigenvalue weighted by Gasteiger charge is 2.16. The summed E-state index contributed by atoms with van der Waals surface area (Å²) in [5, 5.41) is 9.69. The van der Waals surface area contributed by atoms with Gasteiger partial charge in [0.1, 0.15) is 5.75 Å². The Morgan fingerprint density at radius 3 is 2.79 bits per heavy atom. The Kier molecular flexibility index (Phi) is 6.72. The zero-order chi connectivity index (χ0) is 17.5. The molecule has 24 heavy (non-hydrogen) atoms. The molecule has 0 fully saturated rings. The predicted molar refractivity (Wildman–Crippen MR) is 93.3 cm³/mol. The molecular weight excluding hydrogens is 376 g/mol. The second kappa shape index (κ2) is 8.77. The maximum Gasteiger partial charge on any atom is 0.255 e. The smallest absolute Gasteiger partial charge is 0.255 e. The Bertz CT molecular complexity index is 679. The number of hydrogen-bond acceptors (Lipinski definition) is 5. The van der Waals surface area contributed by atoms with Crippen LogP contribution in [0.1, 0.15) is 10.4 Å². The molecule has 128 valence electrons. The molecule has 0 aliphatic carbocycles. The second-order valence-corrected chi connectivity index (χ2v) is 6.16. The molecule has 7 heteroatoms. The Hall–Kier alpha value is -1.96. The van der Waals surface area contributed by atoms with Gasteiger partial charge in [0.05, 0.1) is 18.3 Å². The summed E-state index contributed by atoms with van der Waals surface area (Å²) in [5.41, 5.74) is 0.420. The molecule has 1 N–H and O–H groups in total. The topological polar surface area (TPSA) is 71.9 Å². The number of rotatable bonds is 7. The lowest BCUT2D eigenvalue weighted by Crippen LogP contribution is -2.36. The average molecular weight is 395 g/mol. The molecule has 0 saturated heterocycles. The summed E-state index contributed by atoms with van der Waals surface area (Å²) in [5.74, 6) is 0.814. The Labute approximate surface area is 149 Å². The van der Waals surface area contributed by atoms with E-state index < -0.39 is 6.10 Å². The number of benzene rings is 1. The molecule has 0 saturated carbocycles. The number of carbonyl (C=O) groups excluding carboxylic acids is 1. The molecule has 6 nitrogen and oxygen atoms in total. The van der Waals surface area contributed by atoms with Gasteiger partial charge in [-0.25, -0.2) is 4.98 Å². The summed E-state index contributed by atoms with van der Waals surface area (Å²) in [7, 11) is 3.12. The first kappa shape index (κ1) is 18.4. The fourth-order valence-corrected chi connectivity index (χ4v) is 2.46. The zero-order valence-electron chi connectivity index (χ0n) is 13.5. The molecule has 0 aliphatic rings. The lowest BCUT2D eigenvalue weighted by atomic mass is 10.2. The van der Waals surface area contributed by atoms with Gasteiger partial charge < -0.3 is 19.5 Å². The molecule has 1 atom stereocenters. The summed E-state index contributed by atoms with van der Waals surface area (Å²) in [6.45, 7) is 0.359. The van der Waals surface area contributed by atoms with Crippen molar-refractivity contribution < 1.29 is 19.4 Å². The van der Waals surface area contributed by atoms with Crippen LogP contribution in [0.15, 0.2) is 47.1 Å². The summed E-state index contributed by atoms with van der Waals surface area (Å²) in [6, 6.07) is 10.7. The number of nitrogens with zero attached hydrogens (tertiary/aromatic N) is 2. The fraction of sp³-hybridized carbons (Fsp3) is 0.294. The van der Waals surface area contributed by atoms with Crippen molar-refractivity contribution in [3.63, 3.8) is 0 Å². The van der Waals surface area contributed by atoms with E-state index in [-0.39, 0.29) is 19.1 Å². The van der Waals surface area contributed by atoms with Gasteiger partial charge >= 0.3 is 0 Å². The number of methoxy groups -OCH3 is 1. The van der Waals surface area contributed by atoms with Crippen LogP contribution in [0.3, 0.4) is 0 Å². The normalized spacial score (nSPS) is 11.8. The summed E-state index contributed by atoms with van der Waals surface area (Å²) >= 11 is 3.37. The van der Waals surface area contributed by atoms with E-state index in [4.69, 9.17) is 9.47 Å². The first-order valence-corrected chi connectivity index (χ1v) is 8.11. The number of amides is 1. The highest BCUT2D eigenvalue weighted by Crippen LogP contribution is 2.23. The maximum absolute atomic E-state index is 12.3. The van der Waals surface area contributed by atoms with Crippen LogP contribution in [0.4, 0.5) is 0 Å². The van der Waals surface area contributed by atoms with Crippen molar-refractivity contribution in [1.82, 2.24) is 9.88 Å². The quantitative estimate of drug-likeness (QED) is 0.781. The lowest BCUT2D eigenvalue weighted by Gasteiger charge is -2.20. The van der Waals surface area contributed by atoms with E-state index >= 15 is 0 Å². The molecule has 1 aromatic carbocycles. The minimum absolute atomic E-state index is 0.176. The van der Waals surface area contributed by atoms with Crippen molar-refractivity contribution >= 4 is 21.8 Å². The van der Waals surface area contributed by atoms with Crippen LogP contribution in [0.5, 0.6) is 11.6 Å². The number of ether oxygens (including phenoxy) is 2. The number of aromatic nitrogens is 1. The van der Waals surface area contributed by atoms with Gasteiger partial charge in [-0.2, -0.15) is 0 Å². The van der Waals surface area contributed by atoms with Crippen LogP contribution < -0.4 is 4.74 Å². The number of carbonyl (C=O) groups is 1. The van der Waals surface area contributed by atoms with E-state index in [9.17, 15) is 9.90 Å². The molecular formula is C17H19BrN2O4. The van der Waals surface area contributed by atoms with Gasteiger partial charge in [0.15, 0.2) is 0 Å². The van der Waals surface area contributed by atoms with Gasteiger partial charge in [-0.15, -0.1) is 0 Å². The van der Waals surface area contributed by atoms with Crippen molar-refractivity contribution in [3.8, 4) is 11.6 Å². The number of aliphatic hydroxyl groups excluding tert-OH is 1. The number of pyridine rings is 1. The molecule has 1 heterocycles. The maximum atomic E-state index is 12.3. The van der Waals surface area contributed by atoms with Crippen molar-refractivity contribution in [2.75, 3.05) is 27.3 Å². The molecule has 2 rings (SSSR count). The van der Waals surface area contributed by atoms with E-state index in [0.29, 0.717) is 17.2 Å². The molecule has 2 aromatic rings. The first-order chi connectivity index (χ1) is 11.5. The van der Waals surface area contributed by atoms with Gasteiger partial charge in [0.25, 0.3) is 5.91 Å². The van der Waals surface area contributed by atoms with Crippen LogP contribution in [0, 0.1) is 0 Å². The Balaban J connectivity index is 1.99. The van der Waals surface area contributed by atoms with E-state index in [0.717, 1.165) is 4.47 Å². The lowest BCUT2D eigenvalue weighted by molar-refractivity contribution is 0.0380. The summed E-state index contributed by atoms with van der Waals surface area (Å²) in [6.07, 6.45) is 0.727. The third kappa shape index (κ3) is 5.30. The Morgan fingerprint density at radius 1 is 1.38 bits per heavy atom. The number of aliphatic hydroxyl groups is 1. The summed E-state index contributed by atoms with van der Waals surface area (Å²) in [4.78, 5) is 17.9. The largest absolute Gasteiger partial charge is 0.439 e. The van der Waals surface area contributed by atoms with E-state index in [1.807, 2.05) is 24.3 Å². The van der Waals surface area contributed by atoms with E-state index in [1.165, 1.54) is 18.2 Å². The predicted octanol–water partition coefficient (Wildman–Crippen LogP) is 2.72. The second-order valence-electron chi connectivity index (χ2n) is 5.24. The van der Waals surface area contributed by atoms with E-state index in [2.05, 4.69) is 20.9 Å². The standard InChI is InChI=1S/C17H19BrN2O4/c1-20(10-14(21)11-23-2)17(22)12-6-7-16(19-9-12)24-15-5-3-4-13(18)8-15/h3-9,14,21H,10-11H2,1-2H3/t14-/m1/s1. The number of halogens is 1. The fourth-order valence-electron chi connectivity index (χ4n) is 2.08. The molecule has 1 amide bonds. The third-order valence-electron chi connectivity index (χ3n) is 3.19. The SMILES string of the molecule is COC[C@H](O)CN(C)C(=O)c1ccc(Oc2cccc(Br)c2)nc1. The highest BCUT2D eigenvalue weighted by atomic mass is 79.9. The van der Waals surface area contributed by atoms with Crippen molar-refractivity contribution in [1.29, 1.82) is 0 Å². The van der Waals surface area contributed by atoms with Crippen molar-refractivity contribution in [3.05, 3.63) is 52.6 Å². The van der Waals surface area contributed by atoms with Crippen LogP contribution in [0.2, 0.25) is 0 Å². The van der Waals surface area contributed by atoms with Crippen LogP contribution >= 0.6 is 15.9 Å². The van der Waals surface area contributed by atoms with Gasteiger partial charge in [0, 0.05) is 37.4 Å². The van der Waals surface area contributed by atoms with Crippen molar-refractivity contribution in [2.24, 2.45) is 0 Å². The van der Waals surface area contributed by atoms with Crippen LogP contribution in [-0.4, -0.2) is 54.3 Å². The summed E-state index contributed by atoms with van der Waals surface area (Å²) < 4.78 is 11.4. The van der Waals surface area contributed by atoms with Crippen LogP contribution in [0.25, 0.3) is 0 Å². The van der Waals surface area contributed by atoms with Gasteiger partial charge in [-0.05, 0) is 24.3 Å².